The average Bonchev–Trinajstić information content (AvgIpc) is 1.98. The summed E-state index contributed by atoms with van der Waals surface area (Å²) in [5.41, 5.74) is 0. The van der Waals surface area contributed by atoms with Crippen LogP contribution in [0.5, 0.6) is 0 Å². The van der Waals surface area contributed by atoms with Gasteiger partial charge in [-0.25, -0.2) is 0 Å². The predicted molar refractivity (Wildman–Crippen MR) is 45.5 cm³/mol. The maximum atomic E-state index is 4.95. The number of hydrogen-bond donors (Lipinski definition) is 0. The van der Waals surface area contributed by atoms with Crippen molar-refractivity contribution in [2.45, 2.75) is 0 Å². The maximum Gasteiger partial charge on any atom is 0.179 e. The molecular weight excluding hydrogens is 200 g/mol. The SMILES string of the molecule is Br.Cn1ccn(C)c1=S. The van der Waals surface area contributed by atoms with E-state index in [9.17, 15) is 0 Å². The molecule has 0 aliphatic heterocycles. The summed E-state index contributed by atoms with van der Waals surface area (Å²) in [4.78, 5) is 0. The van der Waals surface area contributed by atoms with Crippen molar-refractivity contribution < 1.29 is 0 Å². The second-order valence-corrected chi connectivity index (χ2v) is 2.17. The largest absolute Gasteiger partial charge is 0.327 e. The van der Waals surface area contributed by atoms with Crippen LogP contribution in [0.25, 0.3) is 0 Å². The number of imidazole rings is 1. The van der Waals surface area contributed by atoms with Gasteiger partial charge in [-0.1, -0.05) is 0 Å². The lowest BCUT2D eigenvalue weighted by molar-refractivity contribution is 0.813. The summed E-state index contributed by atoms with van der Waals surface area (Å²) < 4.78 is 4.65. The molecule has 0 spiro atoms. The van der Waals surface area contributed by atoms with E-state index in [0.29, 0.717) is 0 Å². The number of rotatable bonds is 0. The second kappa shape index (κ2) is 3.17. The van der Waals surface area contributed by atoms with Gasteiger partial charge in [0, 0.05) is 26.5 Å². The second-order valence-electron chi connectivity index (χ2n) is 1.80. The van der Waals surface area contributed by atoms with Crippen molar-refractivity contribution in [3.05, 3.63) is 17.2 Å². The van der Waals surface area contributed by atoms with E-state index in [1.54, 1.807) is 0 Å². The third-order valence-corrected chi connectivity index (χ3v) is 1.69. The number of hydrogen-bond acceptors (Lipinski definition) is 1. The number of aryl methyl sites for hydroxylation is 2. The molecule has 0 radical (unpaired) electrons. The van der Waals surface area contributed by atoms with Crippen LogP contribution in [0, 0.1) is 4.77 Å². The molecule has 0 N–H and O–H groups in total. The van der Waals surface area contributed by atoms with Gasteiger partial charge in [-0.15, -0.1) is 17.0 Å². The van der Waals surface area contributed by atoms with E-state index in [0.717, 1.165) is 4.77 Å². The zero-order chi connectivity index (χ0) is 6.15. The van der Waals surface area contributed by atoms with Crippen LogP contribution in [-0.4, -0.2) is 9.13 Å². The van der Waals surface area contributed by atoms with Crippen molar-refractivity contribution in [2.24, 2.45) is 14.1 Å². The van der Waals surface area contributed by atoms with Crippen LogP contribution < -0.4 is 0 Å². The Kier molecular flexibility index (Phi) is 3.14. The molecule has 0 unspecified atom stereocenters. The molecule has 0 bridgehead atoms. The zero-order valence-corrected chi connectivity index (χ0v) is 7.90. The third-order valence-electron chi connectivity index (χ3n) is 1.12. The Hall–Kier alpha value is -0.0900. The van der Waals surface area contributed by atoms with Gasteiger partial charge in [0.2, 0.25) is 0 Å². The van der Waals surface area contributed by atoms with Crippen molar-refractivity contribution in [2.75, 3.05) is 0 Å². The quantitative estimate of drug-likeness (QED) is 0.591. The summed E-state index contributed by atoms with van der Waals surface area (Å²) in [6.07, 6.45) is 3.87. The molecule has 0 aromatic carbocycles. The monoisotopic (exact) mass is 208 g/mol. The first-order valence-corrected chi connectivity index (χ1v) is 2.80. The lowest BCUT2D eigenvalue weighted by Crippen LogP contribution is -1.88. The summed E-state index contributed by atoms with van der Waals surface area (Å²) in [6, 6.07) is 0. The van der Waals surface area contributed by atoms with Gasteiger partial charge in [0.05, 0.1) is 0 Å². The smallest absolute Gasteiger partial charge is 0.179 e. The Labute approximate surface area is 69.9 Å². The molecule has 2 nitrogen and oxygen atoms in total. The molecule has 1 aromatic heterocycles. The molecular formula is C5H9BrN2S. The van der Waals surface area contributed by atoms with E-state index in [2.05, 4.69) is 0 Å². The number of aromatic nitrogens is 2. The third kappa shape index (κ3) is 1.66. The molecule has 0 atom stereocenters. The van der Waals surface area contributed by atoms with Gasteiger partial charge in [0.25, 0.3) is 0 Å². The molecule has 4 heteroatoms. The van der Waals surface area contributed by atoms with Gasteiger partial charge < -0.3 is 9.13 Å². The highest BCUT2D eigenvalue weighted by molar-refractivity contribution is 8.93. The molecule has 1 heterocycles. The Bertz CT molecular complexity index is 215. The van der Waals surface area contributed by atoms with E-state index in [1.807, 2.05) is 35.6 Å². The first-order chi connectivity index (χ1) is 3.72. The lowest BCUT2D eigenvalue weighted by Gasteiger charge is -1.86. The fourth-order valence-electron chi connectivity index (χ4n) is 0.576. The Morgan fingerprint density at radius 3 is 1.67 bits per heavy atom. The fourth-order valence-corrected chi connectivity index (χ4v) is 0.698. The van der Waals surface area contributed by atoms with Gasteiger partial charge >= 0.3 is 0 Å². The van der Waals surface area contributed by atoms with Crippen molar-refractivity contribution >= 4 is 29.2 Å². The van der Waals surface area contributed by atoms with E-state index >= 15 is 0 Å². The summed E-state index contributed by atoms with van der Waals surface area (Å²) in [5, 5.41) is 0. The Balaban J connectivity index is 0.000000640. The molecule has 1 aromatic rings. The molecule has 52 valence electrons. The van der Waals surface area contributed by atoms with E-state index in [4.69, 9.17) is 12.2 Å². The highest BCUT2D eigenvalue weighted by Gasteiger charge is 1.84. The van der Waals surface area contributed by atoms with Gasteiger partial charge in [0.1, 0.15) is 0 Å². The molecule has 0 amide bonds. The topological polar surface area (TPSA) is 9.86 Å². The van der Waals surface area contributed by atoms with Crippen LogP contribution >= 0.6 is 29.2 Å². The van der Waals surface area contributed by atoms with Gasteiger partial charge in [0.15, 0.2) is 4.77 Å². The van der Waals surface area contributed by atoms with Crippen LogP contribution in [-0.2, 0) is 14.1 Å². The molecule has 0 saturated carbocycles. The highest BCUT2D eigenvalue weighted by Crippen LogP contribution is 1.88. The molecule has 0 aliphatic carbocycles. The van der Waals surface area contributed by atoms with Gasteiger partial charge in [-0.3, -0.25) is 0 Å². The number of halogens is 1. The summed E-state index contributed by atoms with van der Waals surface area (Å²) in [7, 11) is 3.87. The summed E-state index contributed by atoms with van der Waals surface area (Å²) >= 11 is 4.95. The van der Waals surface area contributed by atoms with Crippen molar-refractivity contribution in [3.8, 4) is 0 Å². The minimum atomic E-state index is 0. The van der Waals surface area contributed by atoms with Crippen LogP contribution in [0.3, 0.4) is 0 Å². The zero-order valence-electron chi connectivity index (χ0n) is 5.37. The average molecular weight is 209 g/mol. The lowest BCUT2D eigenvalue weighted by atomic mass is 10.9. The minimum absolute atomic E-state index is 0. The Morgan fingerprint density at radius 2 is 1.56 bits per heavy atom. The van der Waals surface area contributed by atoms with E-state index in [-0.39, 0.29) is 17.0 Å². The highest BCUT2D eigenvalue weighted by atomic mass is 79.9. The fraction of sp³-hybridized carbons (Fsp3) is 0.400. The summed E-state index contributed by atoms with van der Waals surface area (Å²) in [6.45, 7) is 0. The Morgan fingerprint density at radius 1 is 1.22 bits per heavy atom. The molecule has 0 aliphatic rings. The molecule has 9 heavy (non-hydrogen) atoms. The van der Waals surface area contributed by atoms with Crippen LogP contribution in [0.2, 0.25) is 0 Å². The minimum Gasteiger partial charge on any atom is -0.327 e. The maximum absolute atomic E-state index is 4.95. The number of nitrogens with zero attached hydrogens (tertiary/aromatic N) is 2. The normalized spacial score (nSPS) is 8.67. The van der Waals surface area contributed by atoms with Crippen molar-refractivity contribution in [1.82, 2.24) is 9.13 Å². The molecule has 1 rings (SSSR count). The van der Waals surface area contributed by atoms with Gasteiger partial charge in [-0.2, -0.15) is 0 Å². The molecule has 0 saturated heterocycles. The van der Waals surface area contributed by atoms with Crippen LogP contribution in [0.15, 0.2) is 12.4 Å². The predicted octanol–water partition coefficient (Wildman–Crippen LogP) is 1.67. The van der Waals surface area contributed by atoms with E-state index in [1.165, 1.54) is 0 Å². The first-order valence-electron chi connectivity index (χ1n) is 2.40. The van der Waals surface area contributed by atoms with Crippen molar-refractivity contribution in [1.29, 1.82) is 0 Å². The van der Waals surface area contributed by atoms with E-state index < -0.39 is 0 Å². The van der Waals surface area contributed by atoms with Crippen LogP contribution in [0.1, 0.15) is 0 Å². The van der Waals surface area contributed by atoms with Crippen LogP contribution in [0.4, 0.5) is 0 Å². The molecule has 0 fully saturated rings. The van der Waals surface area contributed by atoms with Crippen molar-refractivity contribution in [3.63, 3.8) is 0 Å². The standard InChI is InChI=1S/C5H8N2S.BrH/c1-6-3-4-7(2)5(6)8;/h3-4H,1-2H3;1H. The summed E-state index contributed by atoms with van der Waals surface area (Å²) in [5.74, 6) is 0. The first kappa shape index (κ1) is 8.91. The van der Waals surface area contributed by atoms with Gasteiger partial charge in [-0.05, 0) is 12.2 Å².